The maximum atomic E-state index is 13.5. The van der Waals surface area contributed by atoms with Gasteiger partial charge in [0.1, 0.15) is 5.82 Å². The predicted octanol–water partition coefficient (Wildman–Crippen LogP) is 2.37. The second-order valence-corrected chi connectivity index (χ2v) is 4.08. The lowest BCUT2D eigenvalue weighted by Gasteiger charge is -2.09. The third kappa shape index (κ3) is 2.80. The Morgan fingerprint density at radius 1 is 1.30 bits per heavy atom. The minimum Gasteiger partial charge on any atom is -0.504 e. The highest BCUT2D eigenvalue weighted by atomic mass is 19.1. The lowest BCUT2D eigenvalue weighted by atomic mass is 10.1. The molecule has 1 amide bonds. The number of carbonyl (C=O) groups excluding carboxylic acids is 1. The van der Waals surface area contributed by atoms with E-state index in [1.807, 2.05) is 0 Å². The van der Waals surface area contributed by atoms with Crippen molar-refractivity contribution in [3.8, 4) is 11.5 Å². The maximum Gasteiger partial charge on any atom is 0.255 e. The first-order valence-electron chi connectivity index (χ1n) is 5.74. The van der Waals surface area contributed by atoms with Crippen LogP contribution in [0.3, 0.4) is 0 Å². The van der Waals surface area contributed by atoms with Gasteiger partial charge in [-0.1, -0.05) is 0 Å². The van der Waals surface area contributed by atoms with E-state index < -0.39 is 11.7 Å². The fourth-order valence-electron chi connectivity index (χ4n) is 1.66. The Morgan fingerprint density at radius 3 is 2.70 bits per heavy atom. The van der Waals surface area contributed by atoms with Gasteiger partial charge >= 0.3 is 0 Å². The van der Waals surface area contributed by atoms with Crippen LogP contribution in [0.4, 0.5) is 15.8 Å². The van der Waals surface area contributed by atoms with Crippen molar-refractivity contribution in [2.24, 2.45) is 0 Å². The number of nitrogens with two attached hydrogens (primary N) is 1. The number of carbonyl (C=O) groups is 1. The SMILES string of the molecule is COc1ccc(C(=O)Nc2cc(N)ccc2F)cc1O. The number of methoxy groups -OCH3 is 1. The average Bonchev–Trinajstić information content (AvgIpc) is 2.42. The number of halogens is 1. The predicted molar refractivity (Wildman–Crippen MR) is 73.4 cm³/mol. The molecule has 4 N–H and O–H groups in total. The van der Waals surface area contributed by atoms with Gasteiger partial charge in [0.05, 0.1) is 12.8 Å². The standard InChI is InChI=1S/C14H13FN2O3/c1-20-13-5-2-8(6-12(13)18)14(19)17-11-7-9(16)3-4-10(11)15/h2-7,18H,16H2,1H3,(H,17,19). The summed E-state index contributed by atoms with van der Waals surface area (Å²) < 4.78 is 18.4. The van der Waals surface area contributed by atoms with Crippen molar-refractivity contribution in [1.82, 2.24) is 0 Å². The molecule has 0 atom stereocenters. The first kappa shape index (κ1) is 13.7. The van der Waals surface area contributed by atoms with Crippen LogP contribution in [-0.4, -0.2) is 18.1 Å². The molecule has 5 nitrogen and oxygen atoms in total. The van der Waals surface area contributed by atoms with E-state index in [2.05, 4.69) is 5.32 Å². The van der Waals surface area contributed by atoms with Crippen molar-refractivity contribution >= 4 is 17.3 Å². The van der Waals surface area contributed by atoms with E-state index in [1.54, 1.807) is 0 Å². The van der Waals surface area contributed by atoms with Crippen LogP contribution in [-0.2, 0) is 0 Å². The topological polar surface area (TPSA) is 84.6 Å². The van der Waals surface area contributed by atoms with Crippen LogP contribution in [0.15, 0.2) is 36.4 Å². The van der Waals surface area contributed by atoms with E-state index in [1.165, 1.54) is 37.4 Å². The summed E-state index contributed by atoms with van der Waals surface area (Å²) in [4.78, 5) is 12.0. The maximum absolute atomic E-state index is 13.5. The molecular weight excluding hydrogens is 263 g/mol. The van der Waals surface area contributed by atoms with Crippen molar-refractivity contribution in [3.05, 3.63) is 47.8 Å². The number of nitrogen functional groups attached to an aromatic ring is 1. The minimum atomic E-state index is -0.592. The van der Waals surface area contributed by atoms with Crippen molar-refractivity contribution in [1.29, 1.82) is 0 Å². The van der Waals surface area contributed by atoms with Crippen molar-refractivity contribution in [3.63, 3.8) is 0 Å². The molecule has 2 aromatic rings. The zero-order valence-corrected chi connectivity index (χ0v) is 10.7. The highest BCUT2D eigenvalue weighted by Gasteiger charge is 2.12. The number of phenols is 1. The Bertz CT molecular complexity index is 659. The van der Waals surface area contributed by atoms with Gasteiger partial charge in [0.2, 0.25) is 0 Å². The van der Waals surface area contributed by atoms with Crippen LogP contribution in [0.1, 0.15) is 10.4 Å². The van der Waals surface area contributed by atoms with E-state index in [4.69, 9.17) is 10.5 Å². The zero-order valence-electron chi connectivity index (χ0n) is 10.7. The minimum absolute atomic E-state index is 0.0229. The third-order valence-electron chi connectivity index (χ3n) is 2.68. The normalized spacial score (nSPS) is 10.1. The molecular formula is C14H13FN2O3. The first-order valence-corrected chi connectivity index (χ1v) is 5.74. The van der Waals surface area contributed by atoms with E-state index in [0.717, 1.165) is 6.07 Å². The fourth-order valence-corrected chi connectivity index (χ4v) is 1.66. The largest absolute Gasteiger partial charge is 0.504 e. The smallest absolute Gasteiger partial charge is 0.255 e. The quantitative estimate of drug-likeness (QED) is 0.751. The number of ether oxygens (including phenoxy) is 1. The number of aromatic hydroxyl groups is 1. The van der Waals surface area contributed by atoms with Gasteiger partial charge < -0.3 is 20.9 Å². The molecule has 0 aliphatic rings. The van der Waals surface area contributed by atoms with Gasteiger partial charge in [-0.3, -0.25) is 4.79 Å². The fraction of sp³-hybridized carbons (Fsp3) is 0.0714. The van der Waals surface area contributed by atoms with Crippen molar-refractivity contribution in [2.45, 2.75) is 0 Å². The van der Waals surface area contributed by atoms with Gasteiger partial charge in [-0.2, -0.15) is 0 Å². The van der Waals surface area contributed by atoms with Gasteiger partial charge in [0.15, 0.2) is 11.5 Å². The summed E-state index contributed by atoms with van der Waals surface area (Å²) in [7, 11) is 1.40. The molecule has 6 heteroatoms. The lowest BCUT2D eigenvalue weighted by Crippen LogP contribution is -2.13. The molecule has 0 aliphatic heterocycles. The van der Waals surface area contributed by atoms with E-state index in [9.17, 15) is 14.3 Å². The van der Waals surface area contributed by atoms with E-state index >= 15 is 0 Å². The summed E-state index contributed by atoms with van der Waals surface area (Å²) in [6, 6.07) is 8.01. The lowest BCUT2D eigenvalue weighted by molar-refractivity contribution is 0.102. The van der Waals surface area contributed by atoms with Gasteiger partial charge in [0, 0.05) is 11.3 Å². The van der Waals surface area contributed by atoms with Gasteiger partial charge in [-0.25, -0.2) is 4.39 Å². The highest BCUT2D eigenvalue weighted by molar-refractivity contribution is 6.04. The Kier molecular flexibility index (Phi) is 3.74. The molecule has 20 heavy (non-hydrogen) atoms. The number of phenolic OH excluding ortho intramolecular Hbond substituents is 1. The van der Waals surface area contributed by atoms with Crippen molar-refractivity contribution in [2.75, 3.05) is 18.2 Å². The number of anilines is 2. The molecule has 0 fully saturated rings. The van der Waals surface area contributed by atoms with E-state index in [-0.39, 0.29) is 22.7 Å². The summed E-state index contributed by atoms with van der Waals surface area (Å²) in [5, 5.41) is 12.0. The van der Waals surface area contributed by atoms with Gasteiger partial charge in [-0.15, -0.1) is 0 Å². The van der Waals surface area contributed by atoms with Gasteiger partial charge in [-0.05, 0) is 36.4 Å². The number of nitrogens with one attached hydrogen (secondary N) is 1. The van der Waals surface area contributed by atoms with Crippen LogP contribution in [0.25, 0.3) is 0 Å². The summed E-state index contributed by atoms with van der Waals surface area (Å²) in [5.41, 5.74) is 6.01. The molecule has 0 radical (unpaired) electrons. The van der Waals surface area contributed by atoms with Crippen LogP contribution < -0.4 is 15.8 Å². The van der Waals surface area contributed by atoms with Crippen LogP contribution >= 0.6 is 0 Å². The monoisotopic (exact) mass is 276 g/mol. The Balaban J connectivity index is 2.24. The van der Waals surface area contributed by atoms with Crippen LogP contribution in [0.5, 0.6) is 11.5 Å². The molecule has 0 spiro atoms. The average molecular weight is 276 g/mol. The second kappa shape index (κ2) is 5.48. The zero-order chi connectivity index (χ0) is 14.7. The molecule has 104 valence electrons. The van der Waals surface area contributed by atoms with Crippen LogP contribution in [0.2, 0.25) is 0 Å². The third-order valence-corrected chi connectivity index (χ3v) is 2.68. The number of benzene rings is 2. The van der Waals surface area contributed by atoms with Crippen molar-refractivity contribution < 1.29 is 19.0 Å². The van der Waals surface area contributed by atoms with Gasteiger partial charge in [0.25, 0.3) is 5.91 Å². The molecule has 0 saturated carbocycles. The number of hydrogen-bond donors (Lipinski definition) is 3. The molecule has 2 aromatic carbocycles. The molecule has 0 unspecified atom stereocenters. The Morgan fingerprint density at radius 2 is 2.05 bits per heavy atom. The molecule has 0 heterocycles. The Labute approximate surface area is 114 Å². The summed E-state index contributed by atoms with van der Waals surface area (Å²) >= 11 is 0. The molecule has 0 aliphatic carbocycles. The number of amides is 1. The number of hydrogen-bond acceptors (Lipinski definition) is 4. The second-order valence-electron chi connectivity index (χ2n) is 4.08. The summed E-state index contributed by atoms with van der Waals surface area (Å²) in [5.74, 6) is -1.08. The first-order chi connectivity index (χ1) is 9.51. The summed E-state index contributed by atoms with van der Waals surface area (Å²) in [6.45, 7) is 0. The molecule has 0 saturated heterocycles. The number of rotatable bonds is 3. The molecule has 0 bridgehead atoms. The molecule has 2 rings (SSSR count). The molecule has 0 aromatic heterocycles. The highest BCUT2D eigenvalue weighted by Crippen LogP contribution is 2.27. The van der Waals surface area contributed by atoms with E-state index in [0.29, 0.717) is 5.69 Å². The Hall–Kier alpha value is -2.76. The summed E-state index contributed by atoms with van der Waals surface area (Å²) in [6.07, 6.45) is 0. The van der Waals surface area contributed by atoms with Crippen LogP contribution in [0, 0.1) is 5.82 Å².